The summed E-state index contributed by atoms with van der Waals surface area (Å²) in [5, 5.41) is 6.44. The summed E-state index contributed by atoms with van der Waals surface area (Å²) in [7, 11) is 0. The van der Waals surface area contributed by atoms with Gasteiger partial charge >= 0.3 is 5.97 Å². The second-order valence-corrected chi connectivity index (χ2v) is 6.77. The number of rotatable bonds is 4. The normalized spacial score (nSPS) is 25.5. The Morgan fingerprint density at radius 1 is 1.29 bits per heavy atom. The standard InChI is InChI=1S/C19H26N2O3/c1-3-24-19(23)14-9-4-5-10-15(14)21-18(22)16-11-13-8-6-7-12(2)17(13)20-16/h6-8,14-16,20H,3-5,9-11H2,1-2H3,(H,21,22)/t14-,15-,16?/m1/s1. The number of anilines is 1. The fourth-order valence-corrected chi connectivity index (χ4v) is 3.83. The summed E-state index contributed by atoms with van der Waals surface area (Å²) >= 11 is 0. The topological polar surface area (TPSA) is 67.4 Å². The summed E-state index contributed by atoms with van der Waals surface area (Å²) in [5.41, 5.74) is 3.41. The van der Waals surface area contributed by atoms with Crippen LogP contribution in [-0.4, -0.2) is 30.6 Å². The molecule has 1 amide bonds. The van der Waals surface area contributed by atoms with Crippen LogP contribution in [0, 0.1) is 12.8 Å². The minimum atomic E-state index is -0.258. The molecular weight excluding hydrogens is 304 g/mol. The minimum Gasteiger partial charge on any atom is -0.466 e. The fraction of sp³-hybridized carbons (Fsp3) is 0.579. The van der Waals surface area contributed by atoms with Crippen LogP contribution in [0.15, 0.2) is 18.2 Å². The molecule has 1 aromatic carbocycles. The molecule has 5 nitrogen and oxygen atoms in total. The Bertz CT molecular complexity index is 629. The van der Waals surface area contributed by atoms with E-state index in [1.807, 2.05) is 26.0 Å². The number of amides is 1. The number of benzene rings is 1. The zero-order valence-corrected chi connectivity index (χ0v) is 14.4. The van der Waals surface area contributed by atoms with Gasteiger partial charge in [0.2, 0.25) is 5.91 Å². The van der Waals surface area contributed by atoms with E-state index in [9.17, 15) is 9.59 Å². The SMILES string of the molecule is CCOC(=O)[C@@H]1CCCC[C@H]1NC(=O)C1Cc2cccc(C)c2N1. The first kappa shape index (κ1) is 16.8. The molecule has 130 valence electrons. The lowest BCUT2D eigenvalue weighted by Gasteiger charge is -2.31. The van der Waals surface area contributed by atoms with E-state index in [0.717, 1.165) is 36.9 Å². The maximum Gasteiger partial charge on any atom is 0.311 e. The summed E-state index contributed by atoms with van der Waals surface area (Å²) in [5.74, 6) is -0.416. The van der Waals surface area contributed by atoms with Gasteiger partial charge in [-0.15, -0.1) is 0 Å². The van der Waals surface area contributed by atoms with Crippen molar-refractivity contribution in [3.05, 3.63) is 29.3 Å². The third-order valence-electron chi connectivity index (χ3n) is 5.10. The van der Waals surface area contributed by atoms with E-state index >= 15 is 0 Å². The summed E-state index contributed by atoms with van der Waals surface area (Å²) in [6.07, 6.45) is 4.38. The number of aryl methyl sites for hydroxylation is 1. The van der Waals surface area contributed by atoms with Crippen LogP contribution in [0.5, 0.6) is 0 Å². The monoisotopic (exact) mass is 330 g/mol. The van der Waals surface area contributed by atoms with Crippen molar-refractivity contribution in [1.82, 2.24) is 5.32 Å². The molecule has 1 aliphatic heterocycles. The van der Waals surface area contributed by atoms with Crippen LogP contribution in [0.3, 0.4) is 0 Å². The van der Waals surface area contributed by atoms with E-state index in [4.69, 9.17) is 4.74 Å². The highest BCUT2D eigenvalue weighted by Gasteiger charge is 2.35. The van der Waals surface area contributed by atoms with E-state index < -0.39 is 0 Å². The van der Waals surface area contributed by atoms with Gasteiger partial charge in [0.25, 0.3) is 0 Å². The molecule has 3 atom stereocenters. The summed E-state index contributed by atoms with van der Waals surface area (Å²) in [6.45, 7) is 4.25. The number of nitrogens with one attached hydrogen (secondary N) is 2. The number of hydrogen-bond donors (Lipinski definition) is 2. The van der Waals surface area contributed by atoms with Gasteiger partial charge < -0.3 is 15.4 Å². The van der Waals surface area contributed by atoms with Crippen LogP contribution in [-0.2, 0) is 20.7 Å². The van der Waals surface area contributed by atoms with Crippen LogP contribution in [0.25, 0.3) is 0 Å². The zero-order chi connectivity index (χ0) is 17.1. The molecule has 0 saturated heterocycles. The van der Waals surface area contributed by atoms with E-state index in [1.54, 1.807) is 0 Å². The molecule has 5 heteroatoms. The van der Waals surface area contributed by atoms with Crippen LogP contribution >= 0.6 is 0 Å². The zero-order valence-electron chi connectivity index (χ0n) is 14.4. The summed E-state index contributed by atoms with van der Waals surface area (Å²) < 4.78 is 5.18. The molecule has 1 saturated carbocycles. The molecule has 2 N–H and O–H groups in total. The van der Waals surface area contributed by atoms with Crippen molar-refractivity contribution >= 4 is 17.6 Å². The van der Waals surface area contributed by atoms with Crippen LogP contribution < -0.4 is 10.6 Å². The molecule has 0 bridgehead atoms. The van der Waals surface area contributed by atoms with Gasteiger partial charge in [0.1, 0.15) is 6.04 Å². The Morgan fingerprint density at radius 2 is 2.08 bits per heavy atom. The van der Waals surface area contributed by atoms with E-state index in [-0.39, 0.29) is 29.9 Å². The maximum absolute atomic E-state index is 12.7. The molecule has 24 heavy (non-hydrogen) atoms. The molecule has 0 radical (unpaired) electrons. The Balaban J connectivity index is 1.64. The molecule has 3 rings (SSSR count). The van der Waals surface area contributed by atoms with Crippen molar-refractivity contribution < 1.29 is 14.3 Å². The lowest BCUT2D eigenvalue weighted by Crippen LogP contribution is -2.50. The number of carbonyl (C=O) groups excluding carboxylic acids is 2. The Labute approximate surface area is 143 Å². The average molecular weight is 330 g/mol. The van der Waals surface area contributed by atoms with Gasteiger partial charge in [0.05, 0.1) is 12.5 Å². The molecule has 1 heterocycles. The van der Waals surface area contributed by atoms with E-state index in [1.165, 1.54) is 5.56 Å². The van der Waals surface area contributed by atoms with Crippen molar-refractivity contribution in [3.8, 4) is 0 Å². The van der Waals surface area contributed by atoms with Crippen LogP contribution in [0.1, 0.15) is 43.7 Å². The third kappa shape index (κ3) is 3.40. The summed E-state index contributed by atoms with van der Waals surface area (Å²) in [4.78, 5) is 24.8. The number of esters is 1. The molecule has 1 unspecified atom stereocenters. The van der Waals surface area contributed by atoms with Crippen molar-refractivity contribution in [2.75, 3.05) is 11.9 Å². The van der Waals surface area contributed by atoms with Crippen molar-refractivity contribution in [2.45, 2.75) is 58.0 Å². The predicted octanol–water partition coefficient (Wildman–Crippen LogP) is 2.57. The van der Waals surface area contributed by atoms with Gasteiger partial charge in [-0.05, 0) is 37.8 Å². The molecule has 2 aliphatic rings. The van der Waals surface area contributed by atoms with Crippen molar-refractivity contribution in [3.63, 3.8) is 0 Å². The highest BCUT2D eigenvalue weighted by molar-refractivity contribution is 5.88. The largest absolute Gasteiger partial charge is 0.466 e. The molecule has 1 aromatic rings. The fourth-order valence-electron chi connectivity index (χ4n) is 3.83. The number of carbonyl (C=O) groups is 2. The lowest BCUT2D eigenvalue weighted by atomic mass is 9.84. The average Bonchev–Trinajstić information content (AvgIpc) is 3.01. The van der Waals surface area contributed by atoms with Crippen molar-refractivity contribution in [1.29, 1.82) is 0 Å². The highest BCUT2D eigenvalue weighted by Crippen LogP contribution is 2.30. The quantitative estimate of drug-likeness (QED) is 0.833. The highest BCUT2D eigenvalue weighted by atomic mass is 16.5. The predicted molar refractivity (Wildman–Crippen MR) is 92.8 cm³/mol. The van der Waals surface area contributed by atoms with Gasteiger partial charge in [-0.1, -0.05) is 31.0 Å². The molecule has 1 aliphatic carbocycles. The number of ether oxygens (including phenoxy) is 1. The van der Waals surface area contributed by atoms with E-state index in [2.05, 4.69) is 16.7 Å². The second kappa shape index (κ2) is 7.24. The number of fused-ring (bicyclic) bond motifs is 1. The van der Waals surface area contributed by atoms with Crippen LogP contribution in [0.4, 0.5) is 5.69 Å². The smallest absolute Gasteiger partial charge is 0.311 e. The first-order chi connectivity index (χ1) is 11.6. The minimum absolute atomic E-state index is 0.0215. The first-order valence-corrected chi connectivity index (χ1v) is 8.92. The molecule has 1 fully saturated rings. The van der Waals surface area contributed by atoms with Gasteiger partial charge in [-0.3, -0.25) is 9.59 Å². The van der Waals surface area contributed by atoms with Gasteiger partial charge in [-0.2, -0.15) is 0 Å². The number of hydrogen-bond acceptors (Lipinski definition) is 4. The second-order valence-electron chi connectivity index (χ2n) is 6.77. The Kier molecular flexibility index (Phi) is 5.07. The molecule has 0 aromatic heterocycles. The van der Waals surface area contributed by atoms with Crippen molar-refractivity contribution in [2.24, 2.45) is 5.92 Å². The maximum atomic E-state index is 12.7. The molecular formula is C19H26N2O3. The van der Waals surface area contributed by atoms with Gasteiger partial charge in [0.15, 0.2) is 0 Å². The lowest BCUT2D eigenvalue weighted by molar-refractivity contribution is -0.150. The van der Waals surface area contributed by atoms with Gasteiger partial charge in [-0.25, -0.2) is 0 Å². The Hall–Kier alpha value is -2.04. The van der Waals surface area contributed by atoms with E-state index in [0.29, 0.717) is 13.0 Å². The van der Waals surface area contributed by atoms with Crippen LogP contribution in [0.2, 0.25) is 0 Å². The van der Waals surface area contributed by atoms with Gasteiger partial charge in [0, 0.05) is 18.2 Å². The third-order valence-corrected chi connectivity index (χ3v) is 5.10. The molecule has 0 spiro atoms. The first-order valence-electron chi connectivity index (χ1n) is 8.92. The summed E-state index contributed by atoms with van der Waals surface area (Å²) in [6, 6.07) is 5.76. The Morgan fingerprint density at radius 3 is 2.83 bits per heavy atom. The number of para-hydroxylation sites is 1.